The van der Waals surface area contributed by atoms with Crippen LogP contribution in [0.25, 0.3) is 0 Å². The van der Waals surface area contributed by atoms with Crippen molar-refractivity contribution in [2.24, 2.45) is 10.7 Å². The van der Waals surface area contributed by atoms with Gasteiger partial charge in [-0.1, -0.05) is 36.4 Å². The zero-order valence-corrected chi connectivity index (χ0v) is 17.2. The monoisotopic (exact) mass is 455 g/mol. The van der Waals surface area contributed by atoms with E-state index >= 15 is 0 Å². The summed E-state index contributed by atoms with van der Waals surface area (Å²) in [6.07, 6.45) is -0.0688. The Morgan fingerprint density at radius 1 is 1.16 bits per heavy atom. The van der Waals surface area contributed by atoms with Gasteiger partial charge in [0.25, 0.3) is 0 Å². The van der Waals surface area contributed by atoms with Gasteiger partial charge in [-0.15, -0.1) is 24.0 Å². The molecule has 3 N–H and O–H groups in total. The van der Waals surface area contributed by atoms with Crippen molar-refractivity contribution in [3.8, 4) is 5.75 Å². The van der Waals surface area contributed by atoms with Crippen LogP contribution in [0.4, 0.5) is 5.69 Å². The molecule has 136 valence electrons. The highest BCUT2D eigenvalue weighted by Gasteiger charge is 2.06. The summed E-state index contributed by atoms with van der Waals surface area (Å²) in [5.41, 5.74) is 9.02. The van der Waals surface area contributed by atoms with Crippen LogP contribution < -0.4 is 15.8 Å². The molecule has 2 aromatic rings. The zero-order chi connectivity index (χ0) is 17.4. The van der Waals surface area contributed by atoms with Crippen LogP contribution in [-0.2, 0) is 11.3 Å². The number of nitrogens with zero attached hydrogens (tertiary/aromatic N) is 1. The molecule has 1 unspecified atom stereocenters. The van der Waals surface area contributed by atoms with Gasteiger partial charge in [-0.05, 0) is 31.5 Å². The molecule has 1 atom stereocenters. The fourth-order valence-corrected chi connectivity index (χ4v) is 2.27. The Balaban J connectivity index is 0.00000312. The van der Waals surface area contributed by atoms with Crippen LogP contribution in [0.15, 0.2) is 53.5 Å². The van der Waals surface area contributed by atoms with E-state index in [1.807, 2.05) is 62.4 Å². The van der Waals surface area contributed by atoms with Crippen molar-refractivity contribution in [1.82, 2.24) is 0 Å². The largest absolute Gasteiger partial charge is 0.489 e. The number of nitrogens with two attached hydrogens (primary N) is 1. The molecular formula is C19H26IN3O2. The molecular weight excluding hydrogens is 429 g/mol. The molecule has 2 rings (SSSR count). The highest BCUT2D eigenvalue weighted by atomic mass is 127. The molecule has 0 saturated carbocycles. The van der Waals surface area contributed by atoms with Gasteiger partial charge in [0.15, 0.2) is 5.96 Å². The second-order valence-electron chi connectivity index (χ2n) is 5.64. The van der Waals surface area contributed by atoms with Crippen molar-refractivity contribution >= 4 is 35.6 Å². The predicted molar refractivity (Wildman–Crippen MR) is 114 cm³/mol. The average molecular weight is 455 g/mol. The third-order valence-electron chi connectivity index (χ3n) is 3.52. The summed E-state index contributed by atoms with van der Waals surface area (Å²) in [6, 6.07) is 15.8. The van der Waals surface area contributed by atoms with Crippen molar-refractivity contribution < 1.29 is 9.47 Å². The number of hydrogen-bond donors (Lipinski definition) is 2. The van der Waals surface area contributed by atoms with Gasteiger partial charge in [0.1, 0.15) is 11.9 Å². The summed E-state index contributed by atoms with van der Waals surface area (Å²) < 4.78 is 11.1. The molecule has 0 saturated heterocycles. The molecule has 6 heteroatoms. The summed E-state index contributed by atoms with van der Waals surface area (Å²) in [4.78, 5) is 4.36. The molecule has 0 heterocycles. The Morgan fingerprint density at radius 3 is 2.56 bits per heavy atom. The Hall–Kier alpha value is -1.80. The molecule has 0 aliphatic heterocycles. The standard InChI is InChI=1S/C19H25N3O2.HI/c1-14-8-4-7-11-18(14)24-15(2)12-21-19(20)22-17-10-6-5-9-16(17)13-23-3;/h4-11,15H,12-13H2,1-3H3,(H3,20,21,22);1H. The molecule has 0 fully saturated rings. The highest BCUT2D eigenvalue weighted by molar-refractivity contribution is 14.0. The van der Waals surface area contributed by atoms with Crippen LogP contribution in [0.2, 0.25) is 0 Å². The minimum absolute atomic E-state index is 0. The first-order valence-electron chi connectivity index (χ1n) is 7.96. The molecule has 0 aliphatic carbocycles. The van der Waals surface area contributed by atoms with E-state index in [4.69, 9.17) is 15.2 Å². The van der Waals surface area contributed by atoms with Crippen LogP contribution in [0.5, 0.6) is 5.75 Å². The van der Waals surface area contributed by atoms with E-state index in [2.05, 4.69) is 10.3 Å². The van der Waals surface area contributed by atoms with Crippen LogP contribution in [-0.4, -0.2) is 25.7 Å². The fourth-order valence-electron chi connectivity index (χ4n) is 2.27. The molecule has 0 bridgehead atoms. The lowest BCUT2D eigenvalue weighted by atomic mass is 10.2. The van der Waals surface area contributed by atoms with Gasteiger partial charge in [0, 0.05) is 18.4 Å². The average Bonchev–Trinajstić information content (AvgIpc) is 2.57. The summed E-state index contributed by atoms with van der Waals surface area (Å²) in [7, 11) is 1.67. The zero-order valence-electron chi connectivity index (χ0n) is 14.9. The lowest BCUT2D eigenvalue weighted by Gasteiger charge is -2.15. The Labute approximate surface area is 166 Å². The molecule has 0 radical (unpaired) electrons. The maximum absolute atomic E-state index is 5.98. The van der Waals surface area contributed by atoms with Crippen LogP contribution >= 0.6 is 24.0 Å². The first-order chi connectivity index (χ1) is 11.6. The molecule has 0 spiro atoms. The molecule has 25 heavy (non-hydrogen) atoms. The normalized spacial score (nSPS) is 12.2. The number of hydrogen-bond acceptors (Lipinski definition) is 3. The van der Waals surface area contributed by atoms with Gasteiger partial charge in [0.2, 0.25) is 0 Å². The number of para-hydroxylation sites is 2. The Bertz CT molecular complexity index is 692. The van der Waals surface area contributed by atoms with Gasteiger partial charge in [-0.3, -0.25) is 0 Å². The number of rotatable bonds is 7. The van der Waals surface area contributed by atoms with Gasteiger partial charge in [-0.2, -0.15) is 0 Å². The number of ether oxygens (including phenoxy) is 2. The summed E-state index contributed by atoms with van der Waals surface area (Å²) >= 11 is 0. The van der Waals surface area contributed by atoms with E-state index in [1.54, 1.807) is 7.11 Å². The predicted octanol–water partition coefficient (Wildman–Crippen LogP) is 3.95. The van der Waals surface area contributed by atoms with Crippen LogP contribution in [0.3, 0.4) is 0 Å². The topological polar surface area (TPSA) is 68.9 Å². The maximum Gasteiger partial charge on any atom is 0.193 e. The quantitative estimate of drug-likeness (QED) is 0.377. The minimum atomic E-state index is -0.0688. The second-order valence-corrected chi connectivity index (χ2v) is 5.64. The first-order valence-corrected chi connectivity index (χ1v) is 7.96. The Morgan fingerprint density at radius 2 is 1.84 bits per heavy atom. The number of anilines is 1. The SMILES string of the molecule is COCc1ccccc1NC(N)=NCC(C)Oc1ccccc1C.I. The second kappa shape index (κ2) is 10.9. The van der Waals surface area contributed by atoms with Gasteiger partial charge < -0.3 is 20.5 Å². The first kappa shape index (κ1) is 21.2. The third-order valence-corrected chi connectivity index (χ3v) is 3.52. The van der Waals surface area contributed by atoms with E-state index in [-0.39, 0.29) is 30.1 Å². The number of benzene rings is 2. The number of aryl methyl sites for hydroxylation is 1. The smallest absolute Gasteiger partial charge is 0.193 e. The molecule has 0 aliphatic rings. The molecule has 0 amide bonds. The van der Waals surface area contributed by atoms with Crippen LogP contribution in [0, 0.1) is 6.92 Å². The molecule has 2 aromatic carbocycles. The van der Waals surface area contributed by atoms with Gasteiger partial charge in [-0.25, -0.2) is 4.99 Å². The number of nitrogens with one attached hydrogen (secondary N) is 1. The highest BCUT2D eigenvalue weighted by Crippen LogP contribution is 2.18. The van der Waals surface area contributed by atoms with Crippen molar-refractivity contribution in [2.75, 3.05) is 19.0 Å². The number of methoxy groups -OCH3 is 1. The fraction of sp³-hybridized carbons (Fsp3) is 0.316. The Kier molecular flexibility index (Phi) is 9.30. The summed E-state index contributed by atoms with van der Waals surface area (Å²) in [5.74, 6) is 1.23. The number of halogens is 1. The van der Waals surface area contributed by atoms with Crippen molar-refractivity contribution in [1.29, 1.82) is 0 Å². The lowest BCUT2D eigenvalue weighted by Crippen LogP contribution is -2.26. The van der Waals surface area contributed by atoms with Crippen molar-refractivity contribution in [3.63, 3.8) is 0 Å². The third kappa shape index (κ3) is 6.91. The van der Waals surface area contributed by atoms with E-state index < -0.39 is 0 Å². The minimum Gasteiger partial charge on any atom is -0.489 e. The lowest BCUT2D eigenvalue weighted by molar-refractivity contribution is 0.185. The van der Waals surface area contributed by atoms with Crippen LogP contribution in [0.1, 0.15) is 18.1 Å². The maximum atomic E-state index is 5.98. The van der Waals surface area contributed by atoms with Crippen molar-refractivity contribution in [3.05, 3.63) is 59.7 Å². The van der Waals surface area contributed by atoms with Crippen molar-refractivity contribution in [2.45, 2.75) is 26.6 Å². The van der Waals surface area contributed by atoms with E-state index in [9.17, 15) is 0 Å². The van der Waals surface area contributed by atoms with E-state index in [0.717, 1.165) is 22.6 Å². The van der Waals surface area contributed by atoms with E-state index in [0.29, 0.717) is 19.1 Å². The molecule has 5 nitrogen and oxygen atoms in total. The molecule has 0 aromatic heterocycles. The van der Waals surface area contributed by atoms with Gasteiger partial charge in [0.05, 0.1) is 13.2 Å². The van der Waals surface area contributed by atoms with Gasteiger partial charge >= 0.3 is 0 Å². The summed E-state index contributed by atoms with van der Waals surface area (Å²) in [5, 5.41) is 3.12. The number of guanidine groups is 1. The van der Waals surface area contributed by atoms with E-state index in [1.165, 1.54) is 0 Å². The summed E-state index contributed by atoms with van der Waals surface area (Å²) in [6.45, 7) is 4.99. The number of aliphatic imine (C=N–C) groups is 1.